The summed E-state index contributed by atoms with van der Waals surface area (Å²) in [5, 5.41) is 0. The van der Waals surface area contributed by atoms with Crippen molar-refractivity contribution in [2.24, 2.45) is 4.99 Å². The minimum atomic E-state index is 0. The molecule has 1 aliphatic heterocycles. The highest BCUT2D eigenvalue weighted by Gasteiger charge is 2.26. The largest absolute Gasteiger partial charge is 0.497 e. The highest BCUT2D eigenvalue weighted by atomic mass is 79.9. The van der Waals surface area contributed by atoms with Crippen LogP contribution in [0.3, 0.4) is 0 Å². The number of rotatable bonds is 5. The van der Waals surface area contributed by atoms with E-state index in [1.54, 1.807) is 28.4 Å². The topological polar surface area (TPSA) is 49.3 Å². The van der Waals surface area contributed by atoms with Crippen molar-refractivity contribution in [3.63, 3.8) is 0 Å². The standard InChI is InChI=1S/C19H20BrNO4.ClH/c1-22-11-5-6-13(15(20)9-11)17-14-10-16(23-2)19(25-4)18(24-3)12(14)7-8-21-17;/h5-6,9-10H,7-8H2,1-4H3;1H. The number of fused-ring (bicyclic) bond motifs is 1. The average molecular weight is 443 g/mol. The lowest BCUT2D eigenvalue weighted by Gasteiger charge is -2.23. The molecule has 2 aromatic carbocycles. The predicted molar refractivity (Wildman–Crippen MR) is 108 cm³/mol. The summed E-state index contributed by atoms with van der Waals surface area (Å²) in [6, 6.07) is 7.82. The van der Waals surface area contributed by atoms with Crippen LogP contribution >= 0.6 is 28.3 Å². The molecule has 26 heavy (non-hydrogen) atoms. The van der Waals surface area contributed by atoms with Gasteiger partial charge in [-0.15, -0.1) is 12.4 Å². The normalized spacial score (nSPS) is 12.4. The zero-order chi connectivity index (χ0) is 18.0. The van der Waals surface area contributed by atoms with E-state index in [4.69, 9.17) is 23.9 Å². The zero-order valence-electron chi connectivity index (χ0n) is 15.1. The maximum absolute atomic E-state index is 5.64. The summed E-state index contributed by atoms with van der Waals surface area (Å²) in [7, 11) is 6.53. The lowest BCUT2D eigenvalue weighted by molar-refractivity contribution is 0.322. The van der Waals surface area contributed by atoms with Gasteiger partial charge in [0.2, 0.25) is 5.75 Å². The summed E-state index contributed by atoms with van der Waals surface area (Å²) in [5.41, 5.74) is 3.96. The lowest BCUT2D eigenvalue weighted by Crippen LogP contribution is -2.16. The Morgan fingerprint density at radius 3 is 2.19 bits per heavy atom. The van der Waals surface area contributed by atoms with Crippen LogP contribution in [0.5, 0.6) is 23.0 Å². The van der Waals surface area contributed by atoms with E-state index in [9.17, 15) is 0 Å². The summed E-state index contributed by atoms with van der Waals surface area (Å²) in [6.45, 7) is 0.687. The summed E-state index contributed by atoms with van der Waals surface area (Å²) in [5.74, 6) is 2.72. The number of aliphatic imine (C=N–C) groups is 1. The maximum Gasteiger partial charge on any atom is 0.203 e. The number of methoxy groups -OCH3 is 4. The van der Waals surface area contributed by atoms with Gasteiger partial charge in [0.05, 0.1) is 34.2 Å². The molecule has 0 fully saturated rings. The number of nitrogens with zero attached hydrogens (tertiary/aromatic N) is 1. The number of halogens is 2. The summed E-state index contributed by atoms with van der Waals surface area (Å²) in [6.07, 6.45) is 0.788. The van der Waals surface area contributed by atoms with Gasteiger partial charge in [0, 0.05) is 27.7 Å². The van der Waals surface area contributed by atoms with Crippen LogP contribution in [-0.2, 0) is 6.42 Å². The Morgan fingerprint density at radius 1 is 0.885 bits per heavy atom. The minimum absolute atomic E-state index is 0. The molecule has 0 atom stereocenters. The van der Waals surface area contributed by atoms with Crippen LogP contribution in [0.25, 0.3) is 0 Å². The zero-order valence-corrected chi connectivity index (χ0v) is 17.5. The molecular weight excluding hydrogens is 422 g/mol. The Hall–Kier alpha value is -1.92. The average Bonchev–Trinajstić information content (AvgIpc) is 2.65. The third-order valence-electron chi connectivity index (χ3n) is 4.25. The van der Waals surface area contributed by atoms with E-state index in [0.29, 0.717) is 23.8 Å². The molecule has 0 amide bonds. The fourth-order valence-electron chi connectivity index (χ4n) is 3.09. The Morgan fingerprint density at radius 2 is 1.62 bits per heavy atom. The van der Waals surface area contributed by atoms with Crippen LogP contribution in [0.4, 0.5) is 0 Å². The molecule has 0 aromatic heterocycles. The molecule has 0 N–H and O–H groups in total. The second-order valence-electron chi connectivity index (χ2n) is 5.50. The molecule has 3 rings (SSSR count). The van der Waals surface area contributed by atoms with Gasteiger partial charge < -0.3 is 18.9 Å². The van der Waals surface area contributed by atoms with Crippen LogP contribution in [0.15, 0.2) is 33.7 Å². The first kappa shape index (κ1) is 20.4. The molecule has 0 saturated heterocycles. The van der Waals surface area contributed by atoms with Crippen molar-refractivity contribution in [2.75, 3.05) is 35.0 Å². The van der Waals surface area contributed by atoms with Crippen LogP contribution < -0.4 is 18.9 Å². The fourth-order valence-corrected chi connectivity index (χ4v) is 3.63. The van der Waals surface area contributed by atoms with Crippen molar-refractivity contribution in [3.8, 4) is 23.0 Å². The van der Waals surface area contributed by atoms with Crippen molar-refractivity contribution in [3.05, 3.63) is 45.4 Å². The first-order valence-electron chi connectivity index (χ1n) is 7.85. The molecule has 2 aromatic rings. The number of benzene rings is 2. The minimum Gasteiger partial charge on any atom is -0.497 e. The summed E-state index contributed by atoms with van der Waals surface area (Å²) in [4.78, 5) is 4.76. The molecule has 0 saturated carbocycles. The smallest absolute Gasteiger partial charge is 0.203 e. The quantitative estimate of drug-likeness (QED) is 0.693. The van der Waals surface area contributed by atoms with Gasteiger partial charge in [-0.3, -0.25) is 4.99 Å². The maximum atomic E-state index is 5.64. The van der Waals surface area contributed by atoms with E-state index in [0.717, 1.165) is 39.0 Å². The highest BCUT2D eigenvalue weighted by Crippen LogP contribution is 2.44. The van der Waals surface area contributed by atoms with Crippen LogP contribution in [0, 0.1) is 0 Å². The molecule has 0 bridgehead atoms. The Balaban J connectivity index is 0.00000243. The molecule has 1 aliphatic rings. The van der Waals surface area contributed by atoms with Gasteiger partial charge >= 0.3 is 0 Å². The van der Waals surface area contributed by atoms with Gasteiger partial charge in [-0.2, -0.15) is 0 Å². The Labute approximate surface area is 167 Å². The SMILES string of the molecule is COc1ccc(C2=NCCc3c2cc(OC)c(OC)c3OC)c(Br)c1.Cl. The van der Waals surface area contributed by atoms with Crippen molar-refractivity contribution in [1.82, 2.24) is 0 Å². The summed E-state index contributed by atoms with van der Waals surface area (Å²) < 4.78 is 22.9. The van der Waals surface area contributed by atoms with E-state index in [2.05, 4.69) is 15.9 Å². The van der Waals surface area contributed by atoms with Gasteiger partial charge in [0.25, 0.3) is 0 Å². The van der Waals surface area contributed by atoms with Crippen molar-refractivity contribution in [1.29, 1.82) is 0 Å². The lowest BCUT2D eigenvalue weighted by atomic mass is 9.91. The van der Waals surface area contributed by atoms with E-state index >= 15 is 0 Å². The van der Waals surface area contributed by atoms with E-state index in [1.165, 1.54) is 0 Å². The number of hydrogen-bond donors (Lipinski definition) is 0. The fraction of sp³-hybridized carbons (Fsp3) is 0.316. The molecular formula is C19H21BrClNO4. The molecule has 5 nitrogen and oxygen atoms in total. The van der Waals surface area contributed by atoms with Crippen LogP contribution in [0.1, 0.15) is 16.7 Å². The van der Waals surface area contributed by atoms with Gasteiger partial charge in [0.1, 0.15) is 5.75 Å². The second kappa shape index (κ2) is 8.64. The molecule has 0 radical (unpaired) electrons. The van der Waals surface area contributed by atoms with E-state index in [-0.39, 0.29) is 12.4 Å². The highest BCUT2D eigenvalue weighted by molar-refractivity contribution is 9.10. The third kappa shape index (κ3) is 3.48. The molecule has 0 unspecified atom stereocenters. The van der Waals surface area contributed by atoms with Gasteiger partial charge in [0.15, 0.2) is 11.5 Å². The Bertz CT molecular complexity index is 839. The van der Waals surface area contributed by atoms with Gasteiger partial charge in [-0.25, -0.2) is 0 Å². The molecule has 7 heteroatoms. The molecule has 140 valence electrons. The van der Waals surface area contributed by atoms with Gasteiger partial charge in [-0.1, -0.05) is 0 Å². The predicted octanol–water partition coefficient (Wildman–Crippen LogP) is 4.30. The Kier molecular flexibility index (Phi) is 6.78. The second-order valence-corrected chi connectivity index (χ2v) is 6.35. The van der Waals surface area contributed by atoms with Crippen LogP contribution in [-0.4, -0.2) is 40.7 Å². The number of ether oxygens (including phenoxy) is 4. The first-order chi connectivity index (χ1) is 12.1. The van der Waals surface area contributed by atoms with Crippen LogP contribution in [0.2, 0.25) is 0 Å². The van der Waals surface area contributed by atoms with Crippen molar-refractivity contribution < 1.29 is 18.9 Å². The molecule has 0 spiro atoms. The van der Waals surface area contributed by atoms with Crippen molar-refractivity contribution in [2.45, 2.75) is 6.42 Å². The van der Waals surface area contributed by atoms with E-state index < -0.39 is 0 Å². The monoisotopic (exact) mass is 441 g/mol. The first-order valence-corrected chi connectivity index (χ1v) is 8.64. The third-order valence-corrected chi connectivity index (χ3v) is 4.91. The molecule has 0 aliphatic carbocycles. The van der Waals surface area contributed by atoms with E-state index in [1.807, 2.05) is 24.3 Å². The summed E-state index contributed by atoms with van der Waals surface area (Å²) >= 11 is 3.63. The number of hydrogen-bond acceptors (Lipinski definition) is 5. The van der Waals surface area contributed by atoms with Gasteiger partial charge in [-0.05, 0) is 46.6 Å². The van der Waals surface area contributed by atoms with Crippen molar-refractivity contribution >= 4 is 34.0 Å². The molecule has 1 heterocycles.